The smallest absolute Gasteiger partial charge is 0.336 e. The Bertz CT molecular complexity index is 875. The topological polar surface area (TPSA) is 74.6 Å². The lowest BCUT2D eigenvalue weighted by Gasteiger charge is -2.27. The predicted octanol–water partition coefficient (Wildman–Crippen LogP) is 3.37. The summed E-state index contributed by atoms with van der Waals surface area (Å²) in [4.78, 5) is 22.9. The second-order valence-electron chi connectivity index (χ2n) is 6.04. The maximum atomic E-state index is 11.4. The maximum Gasteiger partial charge on any atom is 0.336 e. The molecule has 0 amide bonds. The molecule has 2 aromatic carbocycles. The van der Waals surface area contributed by atoms with Gasteiger partial charge in [-0.3, -0.25) is 0 Å². The van der Waals surface area contributed by atoms with E-state index in [1.165, 1.54) is 12.1 Å². The minimum absolute atomic E-state index is 0.0341. The summed E-state index contributed by atoms with van der Waals surface area (Å²) >= 11 is 0. The Morgan fingerprint density at radius 2 is 1.20 bits per heavy atom. The van der Waals surface area contributed by atoms with Gasteiger partial charge in [0, 0.05) is 16.5 Å². The average molecular weight is 332 g/mol. The molecule has 25 heavy (non-hydrogen) atoms. The Morgan fingerprint density at radius 3 is 1.48 bits per heavy atom. The first kappa shape index (κ1) is 17.8. The lowest BCUT2D eigenvalue weighted by atomic mass is 9.76. The fraction of sp³-hybridized carbons (Fsp3) is 0.143. The highest BCUT2D eigenvalue weighted by Gasteiger charge is 2.26. The van der Waals surface area contributed by atoms with Crippen molar-refractivity contribution in [2.24, 2.45) is 0 Å². The molecule has 0 aliphatic rings. The summed E-state index contributed by atoms with van der Waals surface area (Å²) < 4.78 is 0. The zero-order chi connectivity index (χ0) is 18.8. The van der Waals surface area contributed by atoms with Gasteiger partial charge >= 0.3 is 11.9 Å². The van der Waals surface area contributed by atoms with Gasteiger partial charge < -0.3 is 10.2 Å². The van der Waals surface area contributed by atoms with Crippen LogP contribution in [0.25, 0.3) is 0 Å². The van der Waals surface area contributed by atoms with Crippen LogP contribution in [-0.2, 0) is 5.41 Å². The number of hydrogen-bond acceptors (Lipinski definition) is 2. The van der Waals surface area contributed by atoms with Gasteiger partial charge in [-0.1, -0.05) is 37.8 Å². The number of rotatable bonds is 4. The Kier molecular flexibility index (Phi) is 4.68. The van der Waals surface area contributed by atoms with Crippen molar-refractivity contribution >= 4 is 11.9 Å². The average Bonchev–Trinajstić information content (AvgIpc) is 2.60. The molecule has 0 atom stereocenters. The van der Waals surface area contributed by atoms with Crippen LogP contribution < -0.4 is 0 Å². The molecule has 0 spiro atoms. The minimum atomic E-state index is -1.11. The molecule has 4 nitrogen and oxygen atoms in total. The van der Waals surface area contributed by atoms with Crippen molar-refractivity contribution < 1.29 is 19.8 Å². The van der Waals surface area contributed by atoms with Crippen molar-refractivity contribution in [2.75, 3.05) is 0 Å². The van der Waals surface area contributed by atoms with Crippen LogP contribution in [0.4, 0.5) is 0 Å². The summed E-state index contributed by atoms with van der Waals surface area (Å²) in [7, 11) is 0. The molecule has 0 heterocycles. The van der Waals surface area contributed by atoms with Crippen LogP contribution in [0.2, 0.25) is 0 Å². The maximum absolute atomic E-state index is 11.4. The monoisotopic (exact) mass is 332 g/mol. The van der Waals surface area contributed by atoms with Gasteiger partial charge in [-0.05, 0) is 35.4 Å². The molecular formula is C21H16O4. The van der Waals surface area contributed by atoms with E-state index in [1.54, 1.807) is 24.3 Å². The molecule has 0 aliphatic carbocycles. The number of carbonyl (C=O) groups is 2. The quantitative estimate of drug-likeness (QED) is 0.842. The third-order valence-electron chi connectivity index (χ3n) is 4.25. The highest BCUT2D eigenvalue weighted by atomic mass is 16.4. The molecule has 0 saturated heterocycles. The minimum Gasteiger partial charge on any atom is -0.478 e. The van der Waals surface area contributed by atoms with Crippen LogP contribution in [0, 0.1) is 24.7 Å². The lowest BCUT2D eigenvalue weighted by Crippen LogP contribution is -2.21. The third-order valence-corrected chi connectivity index (χ3v) is 4.25. The molecule has 0 radical (unpaired) electrons. The van der Waals surface area contributed by atoms with Crippen molar-refractivity contribution in [3.63, 3.8) is 0 Å². The fourth-order valence-corrected chi connectivity index (χ4v) is 2.64. The van der Waals surface area contributed by atoms with Crippen LogP contribution in [0.5, 0.6) is 0 Å². The molecule has 4 heteroatoms. The van der Waals surface area contributed by atoms with Gasteiger partial charge in [0.1, 0.15) is 0 Å². The number of aromatic carboxylic acids is 2. The molecular weight excluding hydrogens is 316 g/mol. The Morgan fingerprint density at radius 1 is 0.840 bits per heavy atom. The third kappa shape index (κ3) is 3.24. The van der Waals surface area contributed by atoms with Gasteiger partial charge in [0.15, 0.2) is 0 Å². The van der Waals surface area contributed by atoms with Crippen LogP contribution in [0.15, 0.2) is 36.4 Å². The van der Waals surface area contributed by atoms with Gasteiger partial charge in [0.2, 0.25) is 0 Å². The number of terminal acetylenes is 2. The number of benzene rings is 2. The summed E-state index contributed by atoms with van der Waals surface area (Å²) in [5.74, 6) is 2.48. The van der Waals surface area contributed by atoms with Crippen molar-refractivity contribution in [1.29, 1.82) is 0 Å². The van der Waals surface area contributed by atoms with E-state index in [9.17, 15) is 19.8 Å². The van der Waals surface area contributed by atoms with Gasteiger partial charge in [0.05, 0.1) is 11.1 Å². The molecule has 0 aromatic heterocycles. The second-order valence-corrected chi connectivity index (χ2v) is 6.04. The number of carboxylic acids is 2. The SMILES string of the molecule is C#Cc1ccc(C(C)(C)c2ccc(C#C)c(C(=O)O)c2)cc1C(=O)O. The number of carboxylic acid groups (broad SMARTS) is 2. The molecule has 0 bridgehead atoms. The highest BCUT2D eigenvalue weighted by Crippen LogP contribution is 2.33. The molecule has 0 saturated carbocycles. The summed E-state index contributed by atoms with van der Waals surface area (Å²) in [5.41, 5.74) is 1.41. The largest absolute Gasteiger partial charge is 0.478 e. The summed E-state index contributed by atoms with van der Waals surface area (Å²) in [6, 6.07) is 9.69. The van der Waals surface area contributed by atoms with Crippen LogP contribution in [0.3, 0.4) is 0 Å². The van der Waals surface area contributed by atoms with Crippen molar-refractivity contribution in [1.82, 2.24) is 0 Å². The van der Waals surface area contributed by atoms with E-state index < -0.39 is 17.4 Å². The fourth-order valence-electron chi connectivity index (χ4n) is 2.64. The Labute approximate surface area is 146 Å². The van der Waals surface area contributed by atoms with Gasteiger partial charge in [-0.15, -0.1) is 12.8 Å². The first-order chi connectivity index (χ1) is 11.7. The Hall–Kier alpha value is -3.50. The van der Waals surface area contributed by atoms with Crippen LogP contribution in [-0.4, -0.2) is 22.2 Å². The zero-order valence-electron chi connectivity index (χ0n) is 13.8. The highest BCUT2D eigenvalue weighted by molar-refractivity contribution is 5.92. The van der Waals surface area contributed by atoms with Crippen molar-refractivity contribution in [2.45, 2.75) is 19.3 Å². The van der Waals surface area contributed by atoms with Gasteiger partial charge in [0.25, 0.3) is 0 Å². The summed E-state index contributed by atoms with van der Waals surface area (Å²) in [6.45, 7) is 3.75. The molecule has 0 aliphatic heterocycles. The standard InChI is InChI=1S/C21H16O4/c1-5-13-7-9-15(11-17(13)19(22)23)21(3,4)16-10-8-14(6-2)18(12-16)20(24)25/h1-2,7-12H,3-4H3,(H,22,23)(H,24,25). The number of hydrogen-bond donors (Lipinski definition) is 2. The summed E-state index contributed by atoms with van der Waals surface area (Å²) in [5, 5.41) is 18.7. The van der Waals surface area contributed by atoms with Crippen LogP contribution in [0.1, 0.15) is 56.8 Å². The normalized spacial score (nSPS) is 10.6. The van der Waals surface area contributed by atoms with Crippen LogP contribution >= 0.6 is 0 Å². The molecule has 124 valence electrons. The zero-order valence-corrected chi connectivity index (χ0v) is 13.8. The molecule has 2 aromatic rings. The molecule has 0 unspecified atom stereocenters. The second kappa shape index (κ2) is 6.55. The van der Waals surface area contributed by atoms with E-state index in [0.717, 1.165) is 0 Å². The Balaban J connectivity index is 2.64. The first-order valence-corrected chi connectivity index (χ1v) is 7.41. The summed E-state index contributed by atoms with van der Waals surface area (Å²) in [6.07, 6.45) is 10.7. The van der Waals surface area contributed by atoms with E-state index in [-0.39, 0.29) is 11.1 Å². The van der Waals surface area contributed by atoms with E-state index >= 15 is 0 Å². The predicted molar refractivity (Wildman–Crippen MR) is 94.8 cm³/mol. The van der Waals surface area contributed by atoms with E-state index in [4.69, 9.17) is 12.8 Å². The van der Waals surface area contributed by atoms with Gasteiger partial charge in [-0.25, -0.2) is 9.59 Å². The van der Waals surface area contributed by atoms with E-state index in [2.05, 4.69) is 11.8 Å². The molecule has 0 fully saturated rings. The van der Waals surface area contributed by atoms with Crippen molar-refractivity contribution in [3.8, 4) is 24.7 Å². The molecule has 2 rings (SSSR count). The first-order valence-electron chi connectivity index (χ1n) is 7.41. The molecule has 2 N–H and O–H groups in total. The van der Waals surface area contributed by atoms with E-state index in [1.807, 2.05) is 13.8 Å². The lowest BCUT2D eigenvalue weighted by molar-refractivity contribution is 0.0685. The van der Waals surface area contributed by atoms with E-state index in [0.29, 0.717) is 22.3 Å². The van der Waals surface area contributed by atoms with Gasteiger partial charge in [-0.2, -0.15) is 0 Å². The van der Waals surface area contributed by atoms with Crippen molar-refractivity contribution in [3.05, 3.63) is 69.8 Å².